The van der Waals surface area contributed by atoms with Gasteiger partial charge < -0.3 is 24.2 Å². The number of benzene rings is 11. The third kappa shape index (κ3) is 26.3. The second kappa shape index (κ2) is 42.7. The first-order chi connectivity index (χ1) is 50.6. The van der Waals surface area contributed by atoms with Crippen molar-refractivity contribution in [1.82, 2.24) is 0 Å². The maximum Gasteiger partial charge on any atom is 0.365 e. The number of ketones is 3. The van der Waals surface area contributed by atoms with Gasteiger partial charge >= 0.3 is 29.8 Å². The number of oxime groups is 5. The lowest BCUT2D eigenvalue weighted by Crippen LogP contribution is -2.17. The quantitative estimate of drug-likeness (QED) is 0.0297. The molecule has 0 aliphatic rings. The Hall–Kier alpha value is -14.0. The standard InChI is InChI=1S/C22H17NO3S.2C16H13NO3.C15H10N2O2.C15H13NO2/c1-16(24)26-23-21(17-8-4-2-5-9-17)22(25)18-12-14-20(15-13-18)27-19-10-6-3-7-11-19;1-12(18)20-17-15(13-8-4-2-5-9-13)16(19)14-10-6-3-7-11-14;1-12(18)15(13-8-4-2-5-9-13)17-20-16(19)14-10-6-3-7-11-14;16-11-14(12-7-3-1-4-8-12)17-19-15(18)13-9-5-2-6-10-13;1-12(13-8-4-2-5-9-13)16-18-15(17)14-10-6-3-7-11-14/h2-15H,1H3;2*2-11H,1H3;1-10H;2-11H,1H3/b23-21+;17-15-;17-15+;17-14+;16-12+. The molecule has 0 amide bonds. The van der Waals surface area contributed by atoms with Crippen LogP contribution in [0.1, 0.15) is 107 Å². The Labute approximate surface area is 604 Å². The number of carbonyl (C=O) groups excluding carboxylic acids is 8. The molecule has 11 rings (SSSR count). The number of hydrogen-bond acceptors (Lipinski definition) is 20. The average Bonchev–Trinajstić information content (AvgIpc) is 0.828. The Bertz CT molecular complexity index is 4820. The summed E-state index contributed by atoms with van der Waals surface area (Å²) in [5.74, 6) is -3.66. The van der Waals surface area contributed by atoms with E-state index in [0.717, 1.165) is 15.4 Å². The van der Waals surface area contributed by atoms with E-state index in [-0.39, 0.29) is 40.2 Å². The smallest absolute Gasteiger partial charge is 0.318 e. The van der Waals surface area contributed by atoms with Gasteiger partial charge in [0.15, 0.2) is 28.6 Å². The molecule has 0 N–H and O–H groups in total. The van der Waals surface area contributed by atoms with E-state index in [1.165, 1.54) is 20.8 Å². The van der Waals surface area contributed by atoms with Crippen LogP contribution in [0.4, 0.5) is 0 Å². The van der Waals surface area contributed by atoms with E-state index in [2.05, 4.69) is 30.6 Å². The summed E-state index contributed by atoms with van der Waals surface area (Å²) in [7, 11) is 0. The summed E-state index contributed by atoms with van der Waals surface area (Å²) in [5.41, 5.74) is 6.59. The molecule has 0 radical (unpaired) electrons. The summed E-state index contributed by atoms with van der Waals surface area (Å²) in [6.07, 6.45) is 0. The highest BCUT2D eigenvalue weighted by atomic mass is 32.2. The van der Waals surface area contributed by atoms with Crippen LogP contribution in [0, 0.1) is 11.3 Å². The summed E-state index contributed by atoms with van der Waals surface area (Å²) in [6.45, 7) is 5.65. The van der Waals surface area contributed by atoms with E-state index in [9.17, 15) is 38.4 Å². The fourth-order valence-electron chi connectivity index (χ4n) is 8.57. The van der Waals surface area contributed by atoms with E-state index in [0.29, 0.717) is 55.8 Å². The zero-order valence-corrected chi connectivity index (χ0v) is 57.4. The Morgan fingerprint density at radius 2 is 0.529 bits per heavy atom. The van der Waals surface area contributed by atoms with Crippen LogP contribution >= 0.6 is 11.8 Å². The SMILES string of the molecule is C/C(=N\OC(=O)c1ccccc1)c1ccccc1.CC(=O)/C(=N\OC(=O)c1ccccc1)c1ccccc1.CC(=O)O/N=C(/C(=O)c1ccc(Sc2ccccc2)cc1)c1ccccc1.CC(=O)O/N=C(\C(=O)c1ccccc1)c1ccccc1.N#C/C(=N\OC(=O)c1ccccc1)c1ccccc1. The molecule has 0 unspecified atom stereocenters. The van der Waals surface area contributed by atoms with E-state index in [1.54, 1.807) is 237 Å². The Morgan fingerprint density at radius 3 is 0.865 bits per heavy atom. The van der Waals surface area contributed by atoms with Crippen molar-refractivity contribution in [2.24, 2.45) is 25.8 Å². The molecule has 11 aromatic carbocycles. The third-order valence-corrected chi connectivity index (χ3v) is 14.7. The molecule has 11 aromatic rings. The Balaban J connectivity index is 0.000000183. The first-order valence-corrected chi connectivity index (χ1v) is 32.6. The molecule has 0 atom stereocenters. The fraction of sp³-hybridized carbons (Fsp3) is 0.0476. The first-order valence-electron chi connectivity index (χ1n) is 31.7. The van der Waals surface area contributed by atoms with Gasteiger partial charge in [-0.1, -0.05) is 292 Å². The maximum absolute atomic E-state index is 12.9. The monoisotopic (exact) mass is 1400 g/mol. The zero-order valence-electron chi connectivity index (χ0n) is 56.6. The molecule has 0 aliphatic carbocycles. The molecule has 0 heterocycles. The largest absolute Gasteiger partial charge is 0.365 e. The minimum absolute atomic E-state index is 0.0601. The number of nitriles is 1. The van der Waals surface area contributed by atoms with Crippen molar-refractivity contribution < 1.29 is 62.5 Å². The molecular weight excluding hydrogens is 1330 g/mol. The van der Waals surface area contributed by atoms with Gasteiger partial charge in [-0.25, -0.2) is 24.0 Å². The minimum atomic E-state index is -0.597. The van der Waals surface area contributed by atoms with Crippen LogP contribution in [-0.2, 0) is 38.6 Å². The molecule has 0 saturated heterocycles. The Kier molecular flexibility index (Phi) is 31.8. The first kappa shape index (κ1) is 77.3. The molecule has 0 spiro atoms. The highest BCUT2D eigenvalue weighted by molar-refractivity contribution is 7.99. The van der Waals surface area contributed by atoms with Crippen molar-refractivity contribution >= 4 is 87.5 Å². The molecule has 0 fully saturated rings. The van der Waals surface area contributed by atoms with Gasteiger partial charge in [0.05, 0.1) is 22.4 Å². The van der Waals surface area contributed by atoms with Crippen LogP contribution in [0.2, 0.25) is 0 Å². The maximum atomic E-state index is 12.9. The van der Waals surface area contributed by atoms with Gasteiger partial charge in [-0.05, 0) is 85.3 Å². The third-order valence-electron chi connectivity index (χ3n) is 13.6. The van der Waals surface area contributed by atoms with Gasteiger partial charge in [0.25, 0.3) is 0 Å². The molecule has 19 nitrogen and oxygen atoms in total. The summed E-state index contributed by atoms with van der Waals surface area (Å²) in [5, 5.41) is 27.6. The molecule has 20 heteroatoms. The number of hydrogen-bond donors (Lipinski definition) is 0. The molecular formula is C84H66N6O13S. The van der Waals surface area contributed by atoms with Gasteiger partial charge in [-0.15, -0.1) is 0 Å². The van der Waals surface area contributed by atoms with Crippen molar-refractivity contribution in [3.63, 3.8) is 0 Å². The molecule has 0 saturated carbocycles. The van der Waals surface area contributed by atoms with Crippen LogP contribution in [0.3, 0.4) is 0 Å². The van der Waals surface area contributed by atoms with Crippen molar-refractivity contribution in [1.29, 1.82) is 5.26 Å². The minimum Gasteiger partial charge on any atom is -0.318 e. The van der Waals surface area contributed by atoms with E-state index in [4.69, 9.17) is 24.6 Å². The van der Waals surface area contributed by atoms with Crippen LogP contribution in [0.15, 0.2) is 363 Å². The van der Waals surface area contributed by atoms with Crippen molar-refractivity contribution in [3.8, 4) is 6.07 Å². The topological polar surface area (TPSA) is 268 Å². The number of rotatable bonds is 20. The zero-order chi connectivity index (χ0) is 74.1. The number of Topliss-reactive ketones (excluding diaryl/α,β-unsaturated/α-hetero) is 3. The predicted octanol–water partition coefficient (Wildman–Crippen LogP) is 16.7. The van der Waals surface area contributed by atoms with Crippen LogP contribution < -0.4 is 0 Å². The highest BCUT2D eigenvalue weighted by Crippen LogP contribution is 2.28. The van der Waals surface area contributed by atoms with Gasteiger partial charge in [-0.2, -0.15) is 5.26 Å². The normalized spacial score (nSPS) is 10.9. The van der Waals surface area contributed by atoms with Crippen molar-refractivity contribution in [2.75, 3.05) is 0 Å². The van der Waals surface area contributed by atoms with E-state index < -0.39 is 29.8 Å². The summed E-state index contributed by atoms with van der Waals surface area (Å²) >= 11 is 1.62. The number of carbonyl (C=O) groups is 8. The van der Waals surface area contributed by atoms with E-state index >= 15 is 0 Å². The molecule has 104 heavy (non-hydrogen) atoms. The summed E-state index contributed by atoms with van der Waals surface area (Å²) < 4.78 is 0. The Morgan fingerprint density at radius 1 is 0.269 bits per heavy atom. The van der Waals surface area contributed by atoms with Gasteiger partial charge in [0.2, 0.25) is 11.6 Å². The fourth-order valence-corrected chi connectivity index (χ4v) is 9.41. The van der Waals surface area contributed by atoms with Gasteiger partial charge in [-0.3, -0.25) is 14.4 Å². The van der Waals surface area contributed by atoms with Crippen molar-refractivity contribution in [3.05, 3.63) is 383 Å². The predicted molar refractivity (Wildman–Crippen MR) is 398 cm³/mol. The lowest BCUT2D eigenvalue weighted by Gasteiger charge is -2.07. The van der Waals surface area contributed by atoms with Gasteiger partial charge in [0.1, 0.15) is 6.07 Å². The van der Waals surface area contributed by atoms with Crippen LogP contribution in [0.25, 0.3) is 0 Å². The lowest BCUT2D eigenvalue weighted by atomic mass is 10.0. The van der Waals surface area contributed by atoms with E-state index in [1.807, 2.05) is 115 Å². The molecule has 0 aliphatic heterocycles. The second-order valence-corrected chi connectivity index (χ2v) is 22.4. The van der Waals surface area contributed by atoms with Crippen molar-refractivity contribution in [2.45, 2.75) is 37.5 Å². The second-order valence-electron chi connectivity index (χ2n) is 21.3. The number of nitrogens with zero attached hydrogens (tertiary/aromatic N) is 6. The highest BCUT2D eigenvalue weighted by Gasteiger charge is 2.20. The summed E-state index contributed by atoms with van der Waals surface area (Å²) in [6, 6.07) is 98.7. The van der Waals surface area contributed by atoms with Crippen LogP contribution in [-0.4, -0.2) is 75.8 Å². The van der Waals surface area contributed by atoms with Crippen LogP contribution in [0.5, 0.6) is 0 Å². The van der Waals surface area contributed by atoms with Gasteiger partial charge in [0, 0.05) is 63.9 Å². The summed E-state index contributed by atoms with van der Waals surface area (Å²) in [4.78, 5) is 120. The molecule has 516 valence electrons. The molecule has 0 bridgehead atoms. The molecule has 0 aromatic heterocycles. The lowest BCUT2D eigenvalue weighted by molar-refractivity contribution is -0.141. The average molecular weight is 1400 g/mol.